The zero-order valence-electron chi connectivity index (χ0n) is 9.37. The fourth-order valence-corrected chi connectivity index (χ4v) is 2.04. The lowest BCUT2D eigenvalue weighted by atomic mass is 10.1. The van der Waals surface area contributed by atoms with Gasteiger partial charge in [-0.2, -0.15) is 0 Å². The van der Waals surface area contributed by atoms with E-state index in [4.69, 9.17) is 10.5 Å². The molecule has 80 valence electrons. The molecule has 0 aliphatic carbocycles. The second kappa shape index (κ2) is 3.59. The predicted molar refractivity (Wildman–Crippen MR) is 62.1 cm³/mol. The van der Waals surface area contributed by atoms with Crippen LogP contribution in [0.1, 0.15) is 11.1 Å². The molecule has 1 aromatic carbocycles. The monoisotopic (exact) mass is 204 g/mol. The molecule has 0 bridgehead atoms. The molecule has 0 saturated heterocycles. The summed E-state index contributed by atoms with van der Waals surface area (Å²) in [6.07, 6.45) is 2.06. The molecule has 3 heteroatoms. The van der Waals surface area contributed by atoms with Gasteiger partial charge in [0.2, 0.25) is 0 Å². The lowest BCUT2D eigenvalue weighted by molar-refractivity contribution is 0.417. The Hall–Kier alpha value is -1.48. The summed E-state index contributed by atoms with van der Waals surface area (Å²) >= 11 is 0. The van der Waals surface area contributed by atoms with Crippen molar-refractivity contribution in [3.63, 3.8) is 0 Å². The first-order valence-corrected chi connectivity index (χ1v) is 5.00. The number of benzene rings is 1. The Morgan fingerprint density at radius 2 is 2.13 bits per heavy atom. The molecule has 0 fully saturated rings. The van der Waals surface area contributed by atoms with Gasteiger partial charge >= 0.3 is 0 Å². The highest BCUT2D eigenvalue weighted by Crippen LogP contribution is 2.30. The van der Waals surface area contributed by atoms with E-state index < -0.39 is 0 Å². The van der Waals surface area contributed by atoms with Crippen LogP contribution in [0.2, 0.25) is 0 Å². The molecule has 3 nitrogen and oxygen atoms in total. The number of aromatic nitrogens is 1. The number of rotatable bonds is 2. The van der Waals surface area contributed by atoms with Gasteiger partial charge in [0.25, 0.3) is 0 Å². The Kier molecular flexibility index (Phi) is 2.40. The van der Waals surface area contributed by atoms with Gasteiger partial charge in [0.15, 0.2) is 0 Å². The number of methoxy groups -OCH3 is 1. The summed E-state index contributed by atoms with van der Waals surface area (Å²) in [5, 5.41) is 1.19. The van der Waals surface area contributed by atoms with Crippen molar-refractivity contribution in [3.8, 4) is 5.75 Å². The maximum Gasteiger partial charge on any atom is 0.143 e. The van der Waals surface area contributed by atoms with E-state index in [1.54, 1.807) is 7.11 Å². The molecular formula is C12H16N2O. The third-order valence-corrected chi connectivity index (χ3v) is 2.71. The minimum Gasteiger partial charge on any atom is -0.495 e. The molecular weight excluding hydrogens is 188 g/mol. The van der Waals surface area contributed by atoms with Crippen molar-refractivity contribution in [1.29, 1.82) is 0 Å². The van der Waals surface area contributed by atoms with Crippen LogP contribution in [0.3, 0.4) is 0 Å². The molecule has 0 spiro atoms. The van der Waals surface area contributed by atoms with E-state index >= 15 is 0 Å². The fraction of sp³-hybridized carbons (Fsp3) is 0.333. The molecule has 1 heterocycles. The number of aryl methyl sites for hydroxylation is 2. The molecule has 0 atom stereocenters. The van der Waals surface area contributed by atoms with Gasteiger partial charge < -0.3 is 15.0 Å². The Bertz CT molecular complexity index is 500. The zero-order valence-corrected chi connectivity index (χ0v) is 9.37. The summed E-state index contributed by atoms with van der Waals surface area (Å²) in [5.74, 6) is 0.909. The maximum atomic E-state index is 5.72. The Balaban J connectivity index is 2.85. The maximum absolute atomic E-state index is 5.72. The van der Waals surface area contributed by atoms with Crippen molar-refractivity contribution >= 4 is 10.9 Å². The van der Waals surface area contributed by atoms with Crippen LogP contribution < -0.4 is 10.5 Å². The number of ether oxygens (including phenoxy) is 1. The van der Waals surface area contributed by atoms with E-state index in [1.807, 2.05) is 13.1 Å². The van der Waals surface area contributed by atoms with Crippen molar-refractivity contribution in [1.82, 2.24) is 4.57 Å². The predicted octanol–water partition coefficient (Wildman–Crippen LogP) is 1.95. The smallest absolute Gasteiger partial charge is 0.143 e. The highest BCUT2D eigenvalue weighted by molar-refractivity contribution is 5.89. The molecule has 0 aliphatic heterocycles. The van der Waals surface area contributed by atoms with Gasteiger partial charge in [-0.1, -0.05) is 0 Å². The number of fused-ring (bicyclic) bond motifs is 1. The van der Waals surface area contributed by atoms with Gasteiger partial charge in [-0.25, -0.2) is 0 Å². The van der Waals surface area contributed by atoms with E-state index in [-0.39, 0.29) is 0 Å². The lowest BCUT2D eigenvalue weighted by Gasteiger charge is -2.06. The van der Waals surface area contributed by atoms with E-state index in [2.05, 4.69) is 23.8 Å². The SMILES string of the molecule is COc1cc(C)cc2c(CN)cn(C)c12. The summed E-state index contributed by atoms with van der Waals surface area (Å²) < 4.78 is 7.45. The summed E-state index contributed by atoms with van der Waals surface area (Å²) in [6, 6.07) is 4.20. The van der Waals surface area contributed by atoms with Gasteiger partial charge in [0.1, 0.15) is 5.75 Å². The quantitative estimate of drug-likeness (QED) is 0.812. The third kappa shape index (κ3) is 1.49. The van der Waals surface area contributed by atoms with Crippen LogP contribution >= 0.6 is 0 Å². The van der Waals surface area contributed by atoms with Crippen LogP contribution in [0.15, 0.2) is 18.3 Å². The Morgan fingerprint density at radius 1 is 1.40 bits per heavy atom. The van der Waals surface area contributed by atoms with Crippen molar-refractivity contribution in [2.24, 2.45) is 12.8 Å². The van der Waals surface area contributed by atoms with Crippen molar-refractivity contribution in [2.45, 2.75) is 13.5 Å². The summed E-state index contributed by atoms with van der Waals surface area (Å²) in [4.78, 5) is 0. The number of hydrogen-bond acceptors (Lipinski definition) is 2. The highest BCUT2D eigenvalue weighted by atomic mass is 16.5. The van der Waals surface area contributed by atoms with E-state index in [1.165, 1.54) is 10.9 Å². The van der Waals surface area contributed by atoms with Gasteiger partial charge in [0.05, 0.1) is 12.6 Å². The highest BCUT2D eigenvalue weighted by Gasteiger charge is 2.10. The molecule has 0 aliphatic rings. The molecule has 0 amide bonds. The second-order valence-corrected chi connectivity index (χ2v) is 3.83. The van der Waals surface area contributed by atoms with Crippen LogP contribution in [-0.4, -0.2) is 11.7 Å². The number of nitrogens with zero attached hydrogens (tertiary/aromatic N) is 1. The third-order valence-electron chi connectivity index (χ3n) is 2.71. The van der Waals surface area contributed by atoms with E-state index in [9.17, 15) is 0 Å². The van der Waals surface area contributed by atoms with Crippen molar-refractivity contribution < 1.29 is 4.74 Å². The first-order valence-electron chi connectivity index (χ1n) is 5.00. The van der Waals surface area contributed by atoms with Crippen LogP contribution in [0.25, 0.3) is 10.9 Å². The molecule has 0 unspecified atom stereocenters. The molecule has 2 aromatic rings. The summed E-state index contributed by atoms with van der Waals surface area (Å²) in [7, 11) is 3.71. The van der Waals surface area contributed by atoms with Crippen molar-refractivity contribution in [3.05, 3.63) is 29.5 Å². The lowest BCUT2D eigenvalue weighted by Crippen LogP contribution is -1.94. The Labute approximate surface area is 89.4 Å². The zero-order chi connectivity index (χ0) is 11.0. The molecule has 0 saturated carbocycles. The fourth-order valence-electron chi connectivity index (χ4n) is 2.04. The van der Waals surface area contributed by atoms with E-state index in [0.29, 0.717) is 6.54 Å². The topological polar surface area (TPSA) is 40.2 Å². The summed E-state index contributed by atoms with van der Waals surface area (Å²) in [6.45, 7) is 2.62. The summed E-state index contributed by atoms with van der Waals surface area (Å²) in [5.41, 5.74) is 9.19. The van der Waals surface area contributed by atoms with Gasteiger partial charge in [-0.3, -0.25) is 0 Å². The molecule has 0 radical (unpaired) electrons. The van der Waals surface area contributed by atoms with Crippen LogP contribution in [-0.2, 0) is 13.6 Å². The minimum absolute atomic E-state index is 0.559. The molecule has 1 aromatic heterocycles. The number of hydrogen-bond donors (Lipinski definition) is 1. The van der Waals surface area contributed by atoms with Gasteiger partial charge in [0, 0.05) is 25.2 Å². The Morgan fingerprint density at radius 3 is 2.73 bits per heavy atom. The van der Waals surface area contributed by atoms with Crippen molar-refractivity contribution in [2.75, 3.05) is 7.11 Å². The van der Waals surface area contributed by atoms with Crippen LogP contribution in [0, 0.1) is 6.92 Å². The first kappa shape index (κ1) is 10.1. The normalized spacial score (nSPS) is 10.9. The van der Waals surface area contributed by atoms with Crippen LogP contribution in [0.4, 0.5) is 0 Å². The second-order valence-electron chi connectivity index (χ2n) is 3.83. The van der Waals surface area contributed by atoms with E-state index in [0.717, 1.165) is 16.8 Å². The average Bonchev–Trinajstić information content (AvgIpc) is 2.54. The number of nitrogens with two attached hydrogens (primary N) is 1. The molecule has 15 heavy (non-hydrogen) atoms. The van der Waals surface area contributed by atoms with Crippen LogP contribution in [0.5, 0.6) is 5.75 Å². The molecule has 2 N–H and O–H groups in total. The largest absolute Gasteiger partial charge is 0.495 e. The standard InChI is InChI=1S/C12H16N2O/c1-8-4-10-9(6-13)7-14(2)12(10)11(5-8)15-3/h4-5,7H,6,13H2,1-3H3. The average molecular weight is 204 g/mol. The first-order chi connectivity index (χ1) is 7.17. The van der Waals surface area contributed by atoms with Gasteiger partial charge in [-0.05, 0) is 30.2 Å². The van der Waals surface area contributed by atoms with Gasteiger partial charge in [-0.15, -0.1) is 0 Å². The minimum atomic E-state index is 0.559. The molecule has 2 rings (SSSR count).